The van der Waals surface area contributed by atoms with Gasteiger partial charge in [0.2, 0.25) is 0 Å². The molecule has 6 heteroatoms. The van der Waals surface area contributed by atoms with E-state index in [0.29, 0.717) is 5.69 Å². The summed E-state index contributed by atoms with van der Waals surface area (Å²) in [6.45, 7) is 1.91. The van der Waals surface area contributed by atoms with Crippen LogP contribution in [0.2, 0.25) is 0 Å². The van der Waals surface area contributed by atoms with Gasteiger partial charge in [0.15, 0.2) is 0 Å². The first-order valence-electron chi connectivity index (χ1n) is 4.99. The highest BCUT2D eigenvalue weighted by molar-refractivity contribution is 9.11. The van der Waals surface area contributed by atoms with Gasteiger partial charge in [-0.1, -0.05) is 0 Å². The van der Waals surface area contributed by atoms with E-state index < -0.39 is 5.97 Å². The maximum absolute atomic E-state index is 10.7. The fraction of sp³-hybridized carbons (Fsp3) is 0.273. The maximum atomic E-state index is 10.7. The highest BCUT2D eigenvalue weighted by Gasteiger charge is 2.17. The molecule has 0 aliphatic heterocycles. The van der Waals surface area contributed by atoms with Gasteiger partial charge in [-0.15, -0.1) is 11.3 Å². The molecule has 0 aromatic carbocycles. The van der Waals surface area contributed by atoms with Gasteiger partial charge >= 0.3 is 5.97 Å². The lowest BCUT2D eigenvalue weighted by Gasteiger charge is -1.99. The summed E-state index contributed by atoms with van der Waals surface area (Å²) in [5.74, 6) is -0.856. The quantitative estimate of drug-likeness (QED) is 0.947. The molecule has 0 radical (unpaired) electrons. The third kappa shape index (κ3) is 2.42. The van der Waals surface area contributed by atoms with Gasteiger partial charge in [-0.05, 0) is 40.5 Å². The molecule has 0 saturated heterocycles. The van der Waals surface area contributed by atoms with E-state index in [2.05, 4.69) is 21.0 Å². The number of thiophene rings is 1. The summed E-state index contributed by atoms with van der Waals surface area (Å²) in [7, 11) is 1.83. The SMILES string of the molecule is Cc1c(CC(=O)O)nn(C)c1-c1ccc(Br)s1. The average molecular weight is 315 g/mol. The van der Waals surface area contributed by atoms with Gasteiger partial charge in [-0.3, -0.25) is 9.48 Å². The second kappa shape index (κ2) is 4.62. The van der Waals surface area contributed by atoms with Crippen molar-refractivity contribution < 1.29 is 9.90 Å². The lowest BCUT2D eigenvalue weighted by Crippen LogP contribution is -2.02. The van der Waals surface area contributed by atoms with E-state index in [1.807, 2.05) is 26.1 Å². The van der Waals surface area contributed by atoms with Crippen molar-refractivity contribution in [2.24, 2.45) is 7.05 Å². The van der Waals surface area contributed by atoms with Crippen LogP contribution in [-0.4, -0.2) is 20.9 Å². The van der Waals surface area contributed by atoms with Gasteiger partial charge in [0.05, 0.1) is 26.5 Å². The zero-order valence-corrected chi connectivity index (χ0v) is 11.8. The molecule has 0 saturated carbocycles. The van der Waals surface area contributed by atoms with Gasteiger partial charge in [0, 0.05) is 7.05 Å². The molecule has 2 heterocycles. The fourth-order valence-electron chi connectivity index (χ4n) is 1.78. The summed E-state index contributed by atoms with van der Waals surface area (Å²) >= 11 is 5.03. The number of carbonyl (C=O) groups is 1. The minimum Gasteiger partial charge on any atom is -0.481 e. The lowest BCUT2D eigenvalue weighted by molar-refractivity contribution is -0.136. The fourth-order valence-corrected chi connectivity index (χ4v) is 3.30. The highest BCUT2D eigenvalue weighted by Crippen LogP contribution is 2.33. The lowest BCUT2D eigenvalue weighted by atomic mass is 10.1. The molecule has 17 heavy (non-hydrogen) atoms. The summed E-state index contributed by atoms with van der Waals surface area (Å²) in [5.41, 5.74) is 2.54. The Hall–Kier alpha value is -1.14. The van der Waals surface area contributed by atoms with E-state index in [9.17, 15) is 4.79 Å². The van der Waals surface area contributed by atoms with Crippen molar-refractivity contribution in [3.8, 4) is 10.6 Å². The third-order valence-electron chi connectivity index (χ3n) is 2.51. The van der Waals surface area contributed by atoms with Gasteiger partial charge in [0.1, 0.15) is 0 Å². The van der Waals surface area contributed by atoms with Crippen LogP contribution in [0.3, 0.4) is 0 Å². The van der Waals surface area contributed by atoms with Crippen LogP contribution < -0.4 is 0 Å². The molecule has 2 aromatic heterocycles. The summed E-state index contributed by atoms with van der Waals surface area (Å²) in [4.78, 5) is 11.8. The van der Waals surface area contributed by atoms with Crippen molar-refractivity contribution >= 4 is 33.2 Å². The van der Waals surface area contributed by atoms with Crippen molar-refractivity contribution in [3.05, 3.63) is 27.2 Å². The van der Waals surface area contributed by atoms with Crippen molar-refractivity contribution in [2.75, 3.05) is 0 Å². The minimum absolute atomic E-state index is 0.0355. The summed E-state index contributed by atoms with van der Waals surface area (Å²) in [5, 5.41) is 13.1. The minimum atomic E-state index is -0.856. The molecular formula is C11H11BrN2O2S. The Bertz CT molecular complexity index is 574. The molecule has 0 atom stereocenters. The van der Waals surface area contributed by atoms with Crippen molar-refractivity contribution in [1.82, 2.24) is 9.78 Å². The maximum Gasteiger partial charge on any atom is 0.309 e. The van der Waals surface area contributed by atoms with E-state index in [-0.39, 0.29) is 6.42 Å². The molecule has 0 spiro atoms. The Morgan fingerprint density at radius 3 is 2.82 bits per heavy atom. The second-order valence-corrected chi connectivity index (χ2v) is 6.18. The van der Waals surface area contributed by atoms with Crippen LogP contribution in [0.15, 0.2) is 15.9 Å². The van der Waals surface area contributed by atoms with Crippen LogP contribution in [-0.2, 0) is 18.3 Å². The first-order valence-corrected chi connectivity index (χ1v) is 6.60. The molecule has 2 aromatic rings. The number of carboxylic acids is 1. The van der Waals surface area contributed by atoms with Crippen LogP contribution in [0, 0.1) is 6.92 Å². The summed E-state index contributed by atoms with van der Waals surface area (Å²) < 4.78 is 2.79. The molecule has 0 aliphatic rings. The standard InChI is InChI=1S/C11H11BrN2O2S/c1-6-7(5-10(15)16)13-14(2)11(6)8-3-4-9(12)17-8/h3-4H,5H2,1-2H3,(H,15,16). The Morgan fingerprint density at radius 1 is 1.59 bits per heavy atom. The van der Waals surface area contributed by atoms with E-state index in [1.54, 1.807) is 16.0 Å². The van der Waals surface area contributed by atoms with Crippen LogP contribution in [0.4, 0.5) is 0 Å². The van der Waals surface area contributed by atoms with E-state index >= 15 is 0 Å². The topological polar surface area (TPSA) is 55.1 Å². The number of aryl methyl sites for hydroxylation is 1. The molecule has 0 amide bonds. The van der Waals surface area contributed by atoms with Gasteiger partial charge in [-0.2, -0.15) is 5.10 Å². The van der Waals surface area contributed by atoms with E-state index in [1.165, 1.54) is 0 Å². The molecule has 0 unspecified atom stereocenters. The number of aromatic nitrogens is 2. The Kier molecular flexibility index (Phi) is 3.35. The largest absolute Gasteiger partial charge is 0.481 e. The first kappa shape index (κ1) is 12.3. The molecule has 0 aliphatic carbocycles. The number of halogens is 1. The number of aliphatic carboxylic acids is 1. The molecule has 0 fully saturated rings. The number of carboxylic acid groups (broad SMARTS) is 1. The van der Waals surface area contributed by atoms with Crippen molar-refractivity contribution in [3.63, 3.8) is 0 Å². The zero-order chi connectivity index (χ0) is 12.6. The number of nitrogens with zero attached hydrogens (tertiary/aromatic N) is 2. The number of hydrogen-bond acceptors (Lipinski definition) is 3. The molecule has 4 nitrogen and oxygen atoms in total. The second-order valence-electron chi connectivity index (χ2n) is 3.72. The average Bonchev–Trinajstić information content (AvgIpc) is 2.72. The normalized spacial score (nSPS) is 10.8. The van der Waals surface area contributed by atoms with Crippen molar-refractivity contribution in [1.29, 1.82) is 0 Å². The highest BCUT2D eigenvalue weighted by atomic mass is 79.9. The first-order chi connectivity index (χ1) is 7.99. The zero-order valence-electron chi connectivity index (χ0n) is 9.40. The predicted octanol–water partition coefficient (Wildman–Crippen LogP) is 2.85. The van der Waals surface area contributed by atoms with Crippen LogP contribution in [0.25, 0.3) is 10.6 Å². The Balaban J connectivity index is 2.48. The monoisotopic (exact) mass is 314 g/mol. The Labute approximate surface area is 111 Å². The third-order valence-corrected chi connectivity index (χ3v) is 4.14. The van der Waals surface area contributed by atoms with Crippen molar-refractivity contribution in [2.45, 2.75) is 13.3 Å². The van der Waals surface area contributed by atoms with Crippen LogP contribution in [0.5, 0.6) is 0 Å². The Morgan fingerprint density at radius 2 is 2.29 bits per heavy atom. The number of hydrogen-bond donors (Lipinski definition) is 1. The summed E-state index contributed by atoms with van der Waals surface area (Å²) in [6.07, 6.45) is -0.0355. The molecule has 2 rings (SSSR count). The van der Waals surface area contributed by atoms with E-state index in [0.717, 1.165) is 19.9 Å². The van der Waals surface area contributed by atoms with E-state index in [4.69, 9.17) is 5.11 Å². The molecule has 1 N–H and O–H groups in total. The van der Waals surface area contributed by atoms with Gasteiger partial charge in [-0.25, -0.2) is 0 Å². The molecule has 0 bridgehead atoms. The van der Waals surface area contributed by atoms with Gasteiger partial charge in [0.25, 0.3) is 0 Å². The van der Waals surface area contributed by atoms with Crippen LogP contribution >= 0.6 is 27.3 Å². The predicted molar refractivity (Wildman–Crippen MR) is 70.3 cm³/mol. The molecular weight excluding hydrogens is 304 g/mol. The summed E-state index contributed by atoms with van der Waals surface area (Å²) in [6, 6.07) is 3.98. The molecule has 90 valence electrons. The van der Waals surface area contributed by atoms with Crippen LogP contribution in [0.1, 0.15) is 11.3 Å². The number of rotatable bonds is 3. The smallest absolute Gasteiger partial charge is 0.309 e. The van der Waals surface area contributed by atoms with Gasteiger partial charge < -0.3 is 5.11 Å².